The van der Waals surface area contributed by atoms with Crippen molar-refractivity contribution in [3.8, 4) is 0 Å². The molecule has 0 aliphatic carbocycles. The Hall–Kier alpha value is -2.27. The van der Waals surface area contributed by atoms with Gasteiger partial charge in [0.25, 0.3) is 5.56 Å². The predicted octanol–water partition coefficient (Wildman–Crippen LogP) is 2.56. The highest BCUT2D eigenvalue weighted by atomic mass is 32.2. The van der Waals surface area contributed by atoms with E-state index in [9.17, 15) is 9.59 Å². The fourth-order valence-electron chi connectivity index (χ4n) is 3.55. The predicted molar refractivity (Wildman–Crippen MR) is 129 cm³/mol. The van der Waals surface area contributed by atoms with Crippen molar-refractivity contribution >= 4 is 44.4 Å². The highest BCUT2D eigenvalue weighted by molar-refractivity contribution is 7.98. The SMILES string of the molecule is CSc1ccc2nc(N(CCN3CCOCC3)C(=O)Cn3cnc(C)c(C)c3=O)sc2c1. The zero-order chi connectivity index (χ0) is 22.7. The second-order valence-electron chi connectivity index (χ2n) is 7.72. The van der Waals surface area contributed by atoms with Crippen LogP contribution in [0.1, 0.15) is 11.3 Å². The van der Waals surface area contributed by atoms with E-state index in [2.05, 4.69) is 16.0 Å². The number of fused-ring (bicyclic) bond motifs is 1. The van der Waals surface area contributed by atoms with Crippen LogP contribution in [-0.4, -0.2) is 71.0 Å². The average Bonchev–Trinajstić information content (AvgIpc) is 3.23. The van der Waals surface area contributed by atoms with Crippen molar-refractivity contribution in [2.75, 3.05) is 50.5 Å². The molecular weight excluding hydrogens is 446 g/mol. The lowest BCUT2D eigenvalue weighted by Gasteiger charge is -2.29. The Bertz CT molecular complexity index is 1170. The normalized spacial score (nSPS) is 14.7. The Labute approximate surface area is 195 Å². The van der Waals surface area contributed by atoms with Gasteiger partial charge in [0.1, 0.15) is 6.54 Å². The van der Waals surface area contributed by atoms with Gasteiger partial charge in [0, 0.05) is 42.3 Å². The number of thioether (sulfide) groups is 1. The third-order valence-electron chi connectivity index (χ3n) is 5.68. The summed E-state index contributed by atoms with van der Waals surface area (Å²) in [5, 5.41) is 0.654. The third-order valence-corrected chi connectivity index (χ3v) is 7.45. The zero-order valence-electron chi connectivity index (χ0n) is 18.5. The number of aromatic nitrogens is 3. The van der Waals surface area contributed by atoms with Gasteiger partial charge in [-0.2, -0.15) is 0 Å². The molecule has 170 valence electrons. The summed E-state index contributed by atoms with van der Waals surface area (Å²) in [6.07, 6.45) is 3.49. The molecule has 0 atom stereocenters. The quantitative estimate of drug-likeness (QED) is 0.488. The lowest BCUT2D eigenvalue weighted by molar-refractivity contribution is -0.119. The number of ether oxygens (including phenoxy) is 1. The topological polar surface area (TPSA) is 80.6 Å². The van der Waals surface area contributed by atoms with Crippen LogP contribution in [0.25, 0.3) is 10.2 Å². The van der Waals surface area contributed by atoms with Crippen LogP contribution in [0.15, 0.2) is 34.2 Å². The van der Waals surface area contributed by atoms with E-state index in [-0.39, 0.29) is 18.0 Å². The first-order valence-electron chi connectivity index (χ1n) is 10.5. The molecule has 8 nitrogen and oxygen atoms in total. The molecule has 0 bridgehead atoms. The highest BCUT2D eigenvalue weighted by Crippen LogP contribution is 2.31. The molecule has 0 spiro atoms. The molecule has 0 N–H and O–H groups in total. The van der Waals surface area contributed by atoms with E-state index in [1.54, 1.807) is 30.5 Å². The first-order chi connectivity index (χ1) is 15.5. The number of aryl methyl sites for hydroxylation is 1. The van der Waals surface area contributed by atoms with E-state index < -0.39 is 0 Å². The molecule has 3 aromatic rings. The maximum atomic E-state index is 13.4. The molecule has 1 aliphatic heterocycles. The van der Waals surface area contributed by atoms with Crippen molar-refractivity contribution in [1.29, 1.82) is 0 Å². The van der Waals surface area contributed by atoms with Gasteiger partial charge in [-0.1, -0.05) is 11.3 Å². The fraction of sp³-hybridized carbons (Fsp3) is 0.455. The maximum absolute atomic E-state index is 13.4. The van der Waals surface area contributed by atoms with Crippen molar-refractivity contribution < 1.29 is 9.53 Å². The molecular formula is C22H27N5O3S2. The monoisotopic (exact) mass is 473 g/mol. The van der Waals surface area contributed by atoms with E-state index in [0.29, 0.717) is 36.1 Å². The number of hydrogen-bond donors (Lipinski definition) is 0. The van der Waals surface area contributed by atoms with E-state index in [0.717, 1.165) is 34.7 Å². The molecule has 10 heteroatoms. The molecule has 1 fully saturated rings. The van der Waals surface area contributed by atoms with Gasteiger partial charge in [-0.25, -0.2) is 9.97 Å². The van der Waals surface area contributed by atoms with Crippen LogP contribution in [0.4, 0.5) is 5.13 Å². The summed E-state index contributed by atoms with van der Waals surface area (Å²) in [6.45, 7) is 7.79. The highest BCUT2D eigenvalue weighted by Gasteiger charge is 2.22. The Balaban J connectivity index is 1.61. The van der Waals surface area contributed by atoms with Gasteiger partial charge in [-0.3, -0.25) is 24.0 Å². The van der Waals surface area contributed by atoms with Gasteiger partial charge in [0.2, 0.25) is 5.91 Å². The van der Waals surface area contributed by atoms with Gasteiger partial charge < -0.3 is 4.74 Å². The second kappa shape index (κ2) is 10.1. The van der Waals surface area contributed by atoms with Crippen molar-refractivity contribution in [1.82, 2.24) is 19.4 Å². The third kappa shape index (κ3) is 5.03. The first-order valence-corrected chi connectivity index (χ1v) is 12.6. The minimum atomic E-state index is -0.187. The second-order valence-corrected chi connectivity index (χ2v) is 9.61. The molecule has 1 aliphatic rings. The van der Waals surface area contributed by atoms with Crippen molar-refractivity contribution in [2.24, 2.45) is 0 Å². The number of carbonyl (C=O) groups is 1. The van der Waals surface area contributed by atoms with E-state index in [4.69, 9.17) is 9.72 Å². The fourth-order valence-corrected chi connectivity index (χ4v) is 5.11. The molecule has 0 saturated carbocycles. The Morgan fingerprint density at radius 1 is 1.28 bits per heavy atom. The van der Waals surface area contributed by atoms with Gasteiger partial charge in [0.15, 0.2) is 5.13 Å². The Morgan fingerprint density at radius 2 is 2.06 bits per heavy atom. The maximum Gasteiger partial charge on any atom is 0.256 e. The lowest BCUT2D eigenvalue weighted by atomic mass is 10.3. The van der Waals surface area contributed by atoms with Crippen molar-refractivity contribution in [2.45, 2.75) is 25.3 Å². The smallest absolute Gasteiger partial charge is 0.256 e. The van der Waals surface area contributed by atoms with Crippen LogP contribution < -0.4 is 10.5 Å². The van der Waals surface area contributed by atoms with E-state index in [1.807, 2.05) is 18.4 Å². The molecule has 4 rings (SSSR count). The lowest BCUT2D eigenvalue weighted by Crippen LogP contribution is -2.44. The standard InChI is InChI=1S/C22H27N5O3S2/c1-15-16(2)23-14-26(21(15)29)13-20(28)27(7-6-25-8-10-30-11-9-25)22-24-18-5-4-17(31-3)12-19(18)32-22/h4-5,12,14H,6-11,13H2,1-3H3. The number of rotatable bonds is 7. The van der Waals surface area contributed by atoms with Crippen LogP contribution in [0.5, 0.6) is 0 Å². The number of morpholine rings is 1. The number of anilines is 1. The minimum Gasteiger partial charge on any atom is -0.379 e. The molecule has 3 heterocycles. The summed E-state index contributed by atoms with van der Waals surface area (Å²) in [4.78, 5) is 40.1. The van der Waals surface area contributed by atoms with Crippen molar-refractivity contribution in [3.63, 3.8) is 0 Å². The number of benzene rings is 1. The van der Waals surface area contributed by atoms with Gasteiger partial charge in [0.05, 0.1) is 29.8 Å². The first kappa shape index (κ1) is 22.9. The van der Waals surface area contributed by atoms with Crippen LogP contribution >= 0.6 is 23.1 Å². The van der Waals surface area contributed by atoms with Crippen LogP contribution in [-0.2, 0) is 16.1 Å². The summed E-state index contributed by atoms with van der Waals surface area (Å²) in [7, 11) is 0. The van der Waals surface area contributed by atoms with Gasteiger partial charge >= 0.3 is 0 Å². The molecule has 0 unspecified atom stereocenters. The largest absolute Gasteiger partial charge is 0.379 e. The van der Waals surface area contributed by atoms with E-state index in [1.165, 1.54) is 22.2 Å². The molecule has 32 heavy (non-hydrogen) atoms. The van der Waals surface area contributed by atoms with Crippen LogP contribution in [0.2, 0.25) is 0 Å². The number of nitrogens with zero attached hydrogens (tertiary/aromatic N) is 5. The average molecular weight is 474 g/mol. The summed E-state index contributed by atoms with van der Waals surface area (Å²) in [6, 6.07) is 6.13. The van der Waals surface area contributed by atoms with Gasteiger partial charge in [-0.05, 0) is 38.3 Å². The number of hydrogen-bond acceptors (Lipinski definition) is 8. The summed E-state index contributed by atoms with van der Waals surface area (Å²) in [5.41, 5.74) is 1.92. The number of thiazole rings is 1. The molecule has 1 saturated heterocycles. The van der Waals surface area contributed by atoms with E-state index >= 15 is 0 Å². The molecule has 2 aromatic heterocycles. The summed E-state index contributed by atoms with van der Waals surface area (Å²) < 4.78 is 7.86. The zero-order valence-corrected chi connectivity index (χ0v) is 20.2. The summed E-state index contributed by atoms with van der Waals surface area (Å²) >= 11 is 3.18. The molecule has 0 radical (unpaired) electrons. The summed E-state index contributed by atoms with van der Waals surface area (Å²) in [5.74, 6) is -0.172. The van der Waals surface area contributed by atoms with Crippen LogP contribution in [0.3, 0.4) is 0 Å². The Kier molecular flexibility index (Phi) is 7.24. The van der Waals surface area contributed by atoms with Crippen LogP contribution in [0, 0.1) is 13.8 Å². The minimum absolute atomic E-state index is 0.0674. The van der Waals surface area contributed by atoms with Gasteiger partial charge in [-0.15, -0.1) is 11.8 Å². The molecule has 1 amide bonds. The number of carbonyl (C=O) groups excluding carboxylic acids is 1. The number of amides is 1. The Morgan fingerprint density at radius 3 is 2.81 bits per heavy atom. The van der Waals surface area contributed by atoms with Crippen molar-refractivity contribution in [3.05, 3.63) is 46.1 Å². The molecule has 1 aromatic carbocycles.